The zero-order valence-electron chi connectivity index (χ0n) is 58.4. The molecule has 0 unspecified atom stereocenters. The Balaban J connectivity index is 0.640. The standard InChI is InChI=1S/C76H97N15O9/c1-49(87(6)75(99)100-76(3,4)5)69(93)79-60-33-16-13-29-56-39-41-65(90(56)73(60)97)71(95)81-67(53-25-9-7-10-26-53)63-47-88(85-83-63)43-21-19-23-51-35-37-52(38-36-51)24-20-22-44-89-48-64(84-86-89)68(54-27-11-8-12-28-54)82-72(96)66-42-40-57-30-14-17-34-61(74(98)91(57)66)80-70(94)62(78-50(2)92)45-55-46-77-59-32-18-15-31-58(55)59/h7-12,15,18,25-28,31-32,35-38,46-49,56-57,60-62,65-68,77H,13-14,16-17,19-24,29-30,33-34,39-45H2,1-6H3,(H,78,92)(H,79,93)(H,80,94)(H,81,95)(H,82,96)/t49-,56-,57-,60-,61-,62-,65-,66-,67-,68-/m0/s1. The summed E-state index contributed by atoms with van der Waals surface area (Å²) >= 11 is 0. The average Bonchev–Trinajstić information content (AvgIpc) is 1.58. The number of amides is 8. The number of aromatic nitrogens is 7. The highest BCUT2D eigenvalue weighted by molar-refractivity contribution is 5.96. The number of carbonyl (C=O) groups excluding carboxylic acids is 8. The highest BCUT2D eigenvalue weighted by Crippen LogP contribution is 2.35. The van der Waals surface area contributed by atoms with E-state index in [1.54, 1.807) is 37.5 Å². The van der Waals surface area contributed by atoms with Crippen molar-refractivity contribution in [1.82, 2.24) is 76.3 Å². The topological polar surface area (TPSA) is 293 Å². The van der Waals surface area contributed by atoms with Crippen LogP contribution < -0.4 is 26.6 Å². The molecule has 10 atom stereocenters. The van der Waals surface area contributed by atoms with Gasteiger partial charge in [0.2, 0.25) is 41.4 Å². The van der Waals surface area contributed by atoms with Gasteiger partial charge in [-0.2, -0.15) is 0 Å². The number of rotatable bonds is 26. The first kappa shape index (κ1) is 71.5. The molecule has 4 fully saturated rings. The van der Waals surface area contributed by atoms with Crippen molar-refractivity contribution in [2.24, 2.45) is 0 Å². The molecule has 100 heavy (non-hydrogen) atoms. The van der Waals surface area contributed by atoms with Gasteiger partial charge in [-0.25, -0.2) is 4.79 Å². The van der Waals surface area contributed by atoms with E-state index < -0.39 is 71.8 Å². The summed E-state index contributed by atoms with van der Waals surface area (Å²) in [6.45, 7) is 9.50. The third-order valence-electron chi connectivity index (χ3n) is 20.1. The molecular formula is C76H97N15O9. The fourth-order valence-electron chi connectivity index (χ4n) is 14.7. The Morgan fingerprint density at radius 1 is 0.590 bits per heavy atom. The van der Waals surface area contributed by atoms with E-state index in [1.165, 1.54) is 30.0 Å². The van der Waals surface area contributed by atoms with E-state index in [4.69, 9.17) is 4.74 Å². The van der Waals surface area contributed by atoms with E-state index in [9.17, 15) is 38.4 Å². The van der Waals surface area contributed by atoms with E-state index in [0.717, 1.165) is 105 Å². The molecule has 4 aliphatic heterocycles. The molecular weight excluding hydrogens is 1270 g/mol. The van der Waals surface area contributed by atoms with E-state index in [0.29, 0.717) is 63.0 Å². The lowest BCUT2D eigenvalue weighted by molar-refractivity contribution is -0.144. The minimum absolute atomic E-state index is 0.144. The Hall–Kier alpha value is -9.74. The normalized spacial score (nSPS) is 20.7. The van der Waals surface area contributed by atoms with E-state index in [2.05, 4.69) is 76.5 Å². The monoisotopic (exact) mass is 1360 g/mol. The summed E-state index contributed by atoms with van der Waals surface area (Å²) < 4.78 is 9.11. The number of hydrogen-bond acceptors (Lipinski definition) is 13. The van der Waals surface area contributed by atoms with Crippen molar-refractivity contribution in [2.75, 3.05) is 7.05 Å². The number of fused-ring (bicyclic) bond motifs is 3. The fourth-order valence-corrected chi connectivity index (χ4v) is 14.7. The quantitative estimate of drug-likeness (QED) is 0.0277. The molecule has 24 nitrogen and oxygen atoms in total. The van der Waals surface area contributed by atoms with Crippen molar-refractivity contribution >= 4 is 58.3 Å². The average molecular weight is 1360 g/mol. The van der Waals surface area contributed by atoms with Gasteiger partial charge in [-0.1, -0.05) is 139 Å². The number of H-pyrrole nitrogens is 1. The molecule has 4 aliphatic rings. The number of aryl methyl sites for hydroxylation is 4. The minimum Gasteiger partial charge on any atom is -0.444 e. The van der Waals surface area contributed by atoms with Crippen molar-refractivity contribution in [1.29, 1.82) is 0 Å². The maximum Gasteiger partial charge on any atom is 0.410 e. The molecule has 4 aromatic carbocycles. The minimum atomic E-state index is -0.919. The number of nitrogens with one attached hydrogen (secondary N) is 6. The number of para-hydroxylation sites is 1. The number of likely N-dealkylation sites (N-methyl/N-ethyl adjacent to an activating group) is 1. The predicted octanol–water partition coefficient (Wildman–Crippen LogP) is 8.65. The second-order valence-electron chi connectivity index (χ2n) is 28.5. The largest absolute Gasteiger partial charge is 0.444 e. The van der Waals surface area contributed by atoms with Crippen molar-refractivity contribution in [3.8, 4) is 0 Å². The molecule has 8 amide bonds. The first-order valence-corrected chi connectivity index (χ1v) is 35.9. The molecule has 530 valence electrons. The second kappa shape index (κ2) is 33.0. The Morgan fingerprint density at radius 3 is 1.55 bits per heavy atom. The van der Waals surface area contributed by atoms with Gasteiger partial charge in [0.15, 0.2) is 0 Å². The van der Waals surface area contributed by atoms with Crippen LogP contribution in [-0.4, -0.2) is 158 Å². The molecule has 0 spiro atoms. The third kappa shape index (κ3) is 18.0. The van der Waals surface area contributed by atoms with Gasteiger partial charge in [0.05, 0.1) is 24.5 Å². The van der Waals surface area contributed by atoms with Gasteiger partial charge in [-0.05, 0) is 151 Å². The van der Waals surface area contributed by atoms with Gasteiger partial charge in [0.25, 0.3) is 0 Å². The summed E-state index contributed by atoms with van der Waals surface area (Å²) in [4.78, 5) is 119. The van der Waals surface area contributed by atoms with Gasteiger partial charge < -0.3 is 46.1 Å². The van der Waals surface area contributed by atoms with Crippen molar-refractivity contribution < 1.29 is 43.1 Å². The van der Waals surface area contributed by atoms with Crippen molar-refractivity contribution in [3.63, 3.8) is 0 Å². The highest BCUT2D eigenvalue weighted by atomic mass is 16.6. The smallest absolute Gasteiger partial charge is 0.410 e. The van der Waals surface area contributed by atoms with Crippen LogP contribution in [0.5, 0.6) is 0 Å². The van der Waals surface area contributed by atoms with Crippen LogP contribution >= 0.6 is 0 Å². The van der Waals surface area contributed by atoms with Crippen molar-refractivity contribution in [3.05, 3.63) is 167 Å². The van der Waals surface area contributed by atoms with Crippen LogP contribution in [-0.2, 0) is 70.7 Å². The van der Waals surface area contributed by atoms with Crippen LogP contribution in [0.25, 0.3) is 10.9 Å². The number of carbonyl (C=O) groups is 8. The lowest BCUT2D eigenvalue weighted by atomic mass is 9.98. The molecule has 0 saturated carbocycles. The predicted molar refractivity (Wildman–Crippen MR) is 376 cm³/mol. The zero-order valence-corrected chi connectivity index (χ0v) is 58.4. The third-order valence-corrected chi connectivity index (χ3v) is 20.1. The van der Waals surface area contributed by atoms with Gasteiger partial charge in [-0.3, -0.25) is 47.8 Å². The molecule has 0 aliphatic carbocycles. The van der Waals surface area contributed by atoms with Crippen LogP contribution in [0.3, 0.4) is 0 Å². The molecule has 3 aromatic heterocycles. The summed E-state index contributed by atoms with van der Waals surface area (Å²) in [5, 5.41) is 34.3. The Morgan fingerprint density at radius 2 is 1.06 bits per heavy atom. The van der Waals surface area contributed by atoms with Crippen LogP contribution in [0.1, 0.15) is 189 Å². The number of ether oxygens (including phenoxy) is 1. The number of nitrogens with zero attached hydrogens (tertiary/aromatic N) is 9. The van der Waals surface area contributed by atoms with Crippen LogP contribution in [0.15, 0.2) is 128 Å². The molecule has 24 heteroatoms. The fraction of sp³-hybridized carbons (Fsp3) is 0.500. The highest BCUT2D eigenvalue weighted by Gasteiger charge is 2.47. The first-order valence-electron chi connectivity index (χ1n) is 35.9. The van der Waals surface area contributed by atoms with Gasteiger partial charge >= 0.3 is 6.09 Å². The maximum atomic E-state index is 14.7. The van der Waals surface area contributed by atoms with Crippen LogP contribution in [0.4, 0.5) is 4.79 Å². The summed E-state index contributed by atoms with van der Waals surface area (Å²) in [6, 6.07) is 29.2. The van der Waals surface area contributed by atoms with Gasteiger partial charge in [-0.15, -0.1) is 10.2 Å². The summed E-state index contributed by atoms with van der Waals surface area (Å²) in [6.07, 6.45) is 18.3. The van der Waals surface area contributed by atoms with E-state index in [1.807, 2.05) is 113 Å². The van der Waals surface area contributed by atoms with Crippen LogP contribution in [0, 0.1) is 0 Å². The number of benzene rings is 4. The Bertz CT molecular complexity index is 3960. The SMILES string of the molecule is CC(=O)N[C@@H](Cc1c[nH]c2ccccc12)C(=O)N[C@H]1CCCC[C@H]2CC[C@@H](C(=O)N[C@@H](c3ccccc3)c3cn(CCCCc4ccc(CCCCn5cc([C@@H](NC(=O)[C@@H]6CC[C@@H]7CCCC[C@H](NC(=O)[C@H](C)N(C)C(=O)OC(C)(C)C)C(=O)N76)c6ccccc6)nn5)cc4)nn3)N2C1=O. The molecule has 0 bridgehead atoms. The summed E-state index contributed by atoms with van der Waals surface area (Å²) in [5.74, 6) is -2.46. The lowest BCUT2D eigenvalue weighted by Gasteiger charge is -2.36. The molecule has 0 radical (unpaired) electrons. The van der Waals surface area contributed by atoms with E-state index >= 15 is 0 Å². The molecule has 4 saturated heterocycles. The number of aromatic amines is 1. The molecule has 6 N–H and O–H groups in total. The molecule has 7 heterocycles. The summed E-state index contributed by atoms with van der Waals surface area (Å²) in [5.41, 5.74) is 6.35. The summed E-state index contributed by atoms with van der Waals surface area (Å²) in [7, 11) is 1.50. The number of unbranched alkanes of at least 4 members (excludes halogenated alkanes) is 2. The van der Waals surface area contributed by atoms with Crippen molar-refractivity contribution in [2.45, 2.75) is 236 Å². The zero-order chi connectivity index (χ0) is 70.5. The number of hydrogen-bond donors (Lipinski definition) is 6. The van der Waals surface area contributed by atoms with Crippen LogP contribution in [0.2, 0.25) is 0 Å². The molecule has 7 aromatic rings. The van der Waals surface area contributed by atoms with Gasteiger partial charge in [0.1, 0.15) is 53.2 Å². The first-order chi connectivity index (χ1) is 48.2. The van der Waals surface area contributed by atoms with E-state index in [-0.39, 0.29) is 48.0 Å². The Kier molecular flexibility index (Phi) is 23.6. The molecule has 11 rings (SSSR count). The maximum absolute atomic E-state index is 14.7. The second-order valence-corrected chi connectivity index (χ2v) is 28.5. The Labute approximate surface area is 584 Å². The lowest BCUT2D eigenvalue weighted by Crippen LogP contribution is -2.59. The van der Waals surface area contributed by atoms with Gasteiger partial charge in [0, 0.05) is 62.7 Å².